The second-order valence-electron chi connectivity index (χ2n) is 7.79. The Balaban J connectivity index is 1.46. The number of carbonyl (C=O) groups excluding carboxylic acids is 2. The SMILES string of the molecule is Cc1cc(=O)oc2c(C)c(OCC(=O)N[C@H](Cc3c[nH]c4ccc(O)cc34)C(=O)[O-])ccc12. The lowest BCUT2D eigenvalue weighted by Gasteiger charge is -2.20. The average Bonchev–Trinajstić information content (AvgIpc) is 3.15. The van der Waals surface area contributed by atoms with E-state index < -0.39 is 30.2 Å². The monoisotopic (exact) mass is 449 g/mol. The fraction of sp³-hybridized carbons (Fsp3) is 0.208. The molecule has 0 saturated carbocycles. The van der Waals surface area contributed by atoms with Gasteiger partial charge in [-0.25, -0.2) is 4.79 Å². The van der Waals surface area contributed by atoms with Gasteiger partial charge in [-0.3, -0.25) is 4.79 Å². The van der Waals surface area contributed by atoms with Gasteiger partial charge in [0, 0.05) is 40.5 Å². The Labute approximate surface area is 187 Å². The number of carboxylic acids is 1. The van der Waals surface area contributed by atoms with Crippen LogP contribution in [0.4, 0.5) is 0 Å². The Morgan fingerprint density at radius 3 is 2.73 bits per heavy atom. The highest BCUT2D eigenvalue weighted by atomic mass is 16.5. The number of aliphatic carboxylic acids is 1. The first-order valence-corrected chi connectivity index (χ1v) is 10.2. The van der Waals surface area contributed by atoms with E-state index in [2.05, 4.69) is 10.3 Å². The number of carbonyl (C=O) groups is 2. The van der Waals surface area contributed by atoms with E-state index in [-0.39, 0.29) is 12.2 Å². The highest BCUT2D eigenvalue weighted by Crippen LogP contribution is 2.28. The number of H-pyrrole nitrogens is 1. The van der Waals surface area contributed by atoms with Crippen molar-refractivity contribution in [3.8, 4) is 11.5 Å². The molecule has 2 aromatic heterocycles. The molecule has 4 rings (SSSR count). The molecule has 0 aliphatic carbocycles. The van der Waals surface area contributed by atoms with Gasteiger partial charge in [0.2, 0.25) is 0 Å². The molecule has 3 N–H and O–H groups in total. The number of aromatic nitrogens is 1. The Morgan fingerprint density at radius 2 is 1.97 bits per heavy atom. The third-order valence-electron chi connectivity index (χ3n) is 5.47. The lowest BCUT2D eigenvalue weighted by Crippen LogP contribution is -2.50. The summed E-state index contributed by atoms with van der Waals surface area (Å²) in [5.41, 5.74) is 2.52. The van der Waals surface area contributed by atoms with Crippen molar-refractivity contribution < 1.29 is 29.0 Å². The molecule has 0 fully saturated rings. The third-order valence-corrected chi connectivity index (χ3v) is 5.47. The highest BCUT2D eigenvalue weighted by molar-refractivity contribution is 5.88. The number of aromatic hydroxyl groups is 1. The number of amides is 1. The highest BCUT2D eigenvalue weighted by Gasteiger charge is 2.18. The normalized spacial score (nSPS) is 12.1. The van der Waals surface area contributed by atoms with Gasteiger partial charge in [0.25, 0.3) is 5.91 Å². The number of phenols is 1. The van der Waals surface area contributed by atoms with Crippen LogP contribution in [0.15, 0.2) is 51.8 Å². The smallest absolute Gasteiger partial charge is 0.336 e. The maximum atomic E-state index is 12.4. The van der Waals surface area contributed by atoms with E-state index in [4.69, 9.17) is 9.15 Å². The third kappa shape index (κ3) is 4.52. The van der Waals surface area contributed by atoms with Crippen molar-refractivity contribution in [1.29, 1.82) is 0 Å². The summed E-state index contributed by atoms with van der Waals surface area (Å²) in [5, 5.41) is 25.1. The Bertz CT molecular complexity index is 1430. The van der Waals surface area contributed by atoms with Crippen molar-refractivity contribution in [1.82, 2.24) is 10.3 Å². The quantitative estimate of drug-likeness (QED) is 0.362. The number of nitrogens with one attached hydrogen (secondary N) is 2. The molecule has 0 aliphatic heterocycles. The molecule has 0 unspecified atom stereocenters. The number of phenolic OH excluding ortho intramolecular Hbond substituents is 1. The number of carboxylic acid groups (broad SMARTS) is 1. The average molecular weight is 449 g/mol. The van der Waals surface area contributed by atoms with Crippen LogP contribution >= 0.6 is 0 Å². The first kappa shape index (κ1) is 21.9. The van der Waals surface area contributed by atoms with Gasteiger partial charge in [0.1, 0.15) is 17.1 Å². The van der Waals surface area contributed by atoms with Crippen LogP contribution in [0.2, 0.25) is 0 Å². The molecular formula is C24H21N2O7-. The lowest BCUT2D eigenvalue weighted by atomic mass is 10.0. The lowest BCUT2D eigenvalue weighted by molar-refractivity contribution is -0.308. The number of rotatable bonds is 7. The van der Waals surface area contributed by atoms with Gasteiger partial charge in [-0.1, -0.05) is 0 Å². The van der Waals surface area contributed by atoms with Crippen LogP contribution in [0.1, 0.15) is 16.7 Å². The number of aromatic amines is 1. The van der Waals surface area contributed by atoms with Gasteiger partial charge in [-0.15, -0.1) is 0 Å². The molecule has 0 saturated heterocycles. The predicted molar refractivity (Wildman–Crippen MR) is 118 cm³/mol. The number of ether oxygens (including phenoxy) is 1. The first-order valence-electron chi connectivity index (χ1n) is 10.2. The van der Waals surface area contributed by atoms with Crippen LogP contribution < -0.4 is 20.8 Å². The zero-order valence-electron chi connectivity index (χ0n) is 17.9. The molecule has 1 amide bonds. The maximum absolute atomic E-state index is 12.4. The summed E-state index contributed by atoms with van der Waals surface area (Å²) in [6, 6.07) is 8.17. The molecule has 1 atom stereocenters. The van der Waals surface area contributed by atoms with E-state index in [0.717, 1.165) is 16.5 Å². The number of benzene rings is 2. The number of fused-ring (bicyclic) bond motifs is 2. The number of hydrogen-bond donors (Lipinski definition) is 3. The predicted octanol–water partition coefficient (Wildman–Crippen LogP) is 1.45. The summed E-state index contributed by atoms with van der Waals surface area (Å²) in [6.45, 7) is 3.05. The van der Waals surface area contributed by atoms with Crippen molar-refractivity contribution in [2.45, 2.75) is 26.3 Å². The van der Waals surface area contributed by atoms with E-state index in [1.807, 2.05) is 0 Å². The minimum Gasteiger partial charge on any atom is -0.548 e. The largest absolute Gasteiger partial charge is 0.548 e. The molecule has 2 heterocycles. The van der Waals surface area contributed by atoms with E-state index in [1.165, 1.54) is 18.2 Å². The minimum atomic E-state index is -1.45. The Hall–Kier alpha value is -4.27. The summed E-state index contributed by atoms with van der Waals surface area (Å²) >= 11 is 0. The van der Waals surface area contributed by atoms with E-state index in [1.54, 1.807) is 38.2 Å². The van der Waals surface area contributed by atoms with E-state index >= 15 is 0 Å². The minimum absolute atomic E-state index is 0.0440. The molecule has 4 aromatic rings. The zero-order valence-corrected chi connectivity index (χ0v) is 17.9. The fourth-order valence-corrected chi connectivity index (χ4v) is 3.78. The Kier molecular flexibility index (Phi) is 5.78. The standard InChI is InChI=1S/C24H22N2O7/c1-12-7-22(29)33-23-13(2)20(6-4-16(12)23)32-11-21(28)26-19(24(30)31)8-14-10-25-18-5-3-15(27)9-17(14)18/h3-7,9-10,19,25,27H,8,11H2,1-2H3,(H,26,28)(H,30,31)/p-1/t19-/m1/s1. The summed E-state index contributed by atoms with van der Waals surface area (Å²) in [7, 11) is 0. The van der Waals surface area contributed by atoms with Gasteiger partial charge in [0.05, 0.1) is 12.0 Å². The summed E-state index contributed by atoms with van der Waals surface area (Å²) in [5.74, 6) is -1.72. The van der Waals surface area contributed by atoms with Crippen molar-refractivity contribution in [3.05, 3.63) is 69.7 Å². The molecule has 0 radical (unpaired) electrons. The molecule has 9 nitrogen and oxygen atoms in total. The summed E-state index contributed by atoms with van der Waals surface area (Å²) in [6.07, 6.45) is 1.58. The van der Waals surface area contributed by atoms with Crippen molar-refractivity contribution in [3.63, 3.8) is 0 Å². The van der Waals surface area contributed by atoms with Crippen molar-refractivity contribution in [2.24, 2.45) is 0 Å². The zero-order chi connectivity index (χ0) is 23.7. The summed E-state index contributed by atoms with van der Waals surface area (Å²) in [4.78, 5) is 38.7. The van der Waals surface area contributed by atoms with Gasteiger partial charge in [-0.05, 0) is 55.3 Å². The van der Waals surface area contributed by atoms with Crippen LogP contribution in [0.5, 0.6) is 11.5 Å². The van der Waals surface area contributed by atoms with Gasteiger partial charge < -0.3 is 34.5 Å². The molecule has 170 valence electrons. The molecule has 9 heteroatoms. The Morgan fingerprint density at radius 1 is 1.18 bits per heavy atom. The van der Waals surface area contributed by atoms with Crippen LogP contribution in [-0.4, -0.2) is 34.6 Å². The number of hydrogen-bond acceptors (Lipinski definition) is 7. The van der Waals surface area contributed by atoms with Gasteiger partial charge in [0.15, 0.2) is 6.61 Å². The molecule has 0 spiro atoms. The van der Waals surface area contributed by atoms with Crippen LogP contribution in [0.25, 0.3) is 21.9 Å². The molecular weight excluding hydrogens is 428 g/mol. The van der Waals surface area contributed by atoms with Crippen LogP contribution in [0, 0.1) is 13.8 Å². The fourth-order valence-electron chi connectivity index (χ4n) is 3.78. The second kappa shape index (κ2) is 8.70. The topological polar surface area (TPSA) is 145 Å². The van der Waals surface area contributed by atoms with Gasteiger partial charge in [-0.2, -0.15) is 0 Å². The van der Waals surface area contributed by atoms with Crippen molar-refractivity contribution >= 4 is 33.7 Å². The maximum Gasteiger partial charge on any atom is 0.336 e. The van der Waals surface area contributed by atoms with Crippen LogP contribution in [-0.2, 0) is 16.0 Å². The molecule has 2 aromatic carbocycles. The van der Waals surface area contributed by atoms with Crippen molar-refractivity contribution in [2.75, 3.05) is 6.61 Å². The molecule has 33 heavy (non-hydrogen) atoms. The van der Waals surface area contributed by atoms with Crippen LogP contribution in [0.3, 0.4) is 0 Å². The second-order valence-corrected chi connectivity index (χ2v) is 7.79. The van der Waals surface area contributed by atoms with Gasteiger partial charge >= 0.3 is 5.63 Å². The van der Waals surface area contributed by atoms with E-state index in [0.29, 0.717) is 27.8 Å². The number of aryl methyl sites for hydroxylation is 2. The molecule has 0 bridgehead atoms. The summed E-state index contributed by atoms with van der Waals surface area (Å²) < 4.78 is 10.8. The molecule has 0 aliphatic rings. The van der Waals surface area contributed by atoms with E-state index in [9.17, 15) is 24.6 Å². The first-order chi connectivity index (χ1) is 15.7.